The first-order chi connectivity index (χ1) is 7.29. The SMILES string of the molecule is CCc1nn(C)cc1NCc1cccs1. The molecular formula is C11H15N3S. The molecule has 0 saturated heterocycles. The molecule has 0 aliphatic rings. The molecule has 0 spiro atoms. The fourth-order valence-corrected chi connectivity index (χ4v) is 2.18. The maximum atomic E-state index is 4.39. The van der Waals surface area contributed by atoms with E-state index in [0.717, 1.165) is 24.3 Å². The Kier molecular flexibility index (Phi) is 3.06. The highest BCUT2D eigenvalue weighted by atomic mass is 32.1. The van der Waals surface area contributed by atoms with Gasteiger partial charge >= 0.3 is 0 Å². The zero-order chi connectivity index (χ0) is 10.7. The minimum Gasteiger partial charge on any atom is -0.377 e. The predicted molar refractivity (Wildman–Crippen MR) is 64.2 cm³/mol. The van der Waals surface area contributed by atoms with Gasteiger partial charge in [0.15, 0.2) is 0 Å². The molecule has 2 rings (SSSR count). The van der Waals surface area contributed by atoms with Crippen LogP contribution >= 0.6 is 11.3 Å². The number of thiophene rings is 1. The number of hydrogen-bond donors (Lipinski definition) is 1. The van der Waals surface area contributed by atoms with Crippen molar-refractivity contribution in [3.8, 4) is 0 Å². The van der Waals surface area contributed by atoms with E-state index in [9.17, 15) is 0 Å². The Hall–Kier alpha value is -1.29. The standard InChI is InChI=1S/C11H15N3S/c1-3-10-11(8-14(2)13-10)12-7-9-5-4-6-15-9/h4-6,8,12H,3,7H2,1-2H3. The first-order valence-corrected chi connectivity index (χ1v) is 5.96. The van der Waals surface area contributed by atoms with Crippen molar-refractivity contribution in [2.75, 3.05) is 5.32 Å². The van der Waals surface area contributed by atoms with Gasteiger partial charge in [0.2, 0.25) is 0 Å². The summed E-state index contributed by atoms with van der Waals surface area (Å²) in [7, 11) is 1.95. The number of nitrogens with one attached hydrogen (secondary N) is 1. The molecule has 0 bridgehead atoms. The summed E-state index contributed by atoms with van der Waals surface area (Å²) in [6.07, 6.45) is 3.00. The van der Waals surface area contributed by atoms with Crippen molar-refractivity contribution in [2.45, 2.75) is 19.9 Å². The van der Waals surface area contributed by atoms with Crippen LogP contribution in [-0.2, 0) is 20.0 Å². The highest BCUT2D eigenvalue weighted by molar-refractivity contribution is 7.09. The summed E-state index contributed by atoms with van der Waals surface area (Å²) >= 11 is 1.77. The number of aryl methyl sites for hydroxylation is 2. The van der Waals surface area contributed by atoms with E-state index in [1.165, 1.54) is 4.88 Å². The molecule has 3 nitrogen and oxygen atoms in total. The van der Waals surface area contributed by atoms with Crippen LogP contribution in [0.4, 0.5) is 5.69 Å². The summed E-state index contributed by atoms with van der Waals surface area (Å²) in [5, 5.41) is 9.90. The quantitative estimate of drug-likeness (QED) is 0.860. The van der Waals surface area contributed by atoms with Gasteiger partial charge in [-0.2, -0.15) is 5.10 Å². The molecule has 0 aliphatic heterocycles. The highest BCUT2D eigenvalue weighted by Gasteiger charge is 2.04. The lowest BCUT2D eigenvalue weighted by atomic mass is 10.3. The van der Waals surface area contributed by atoms with Crippen molar-refractivity contribution in [1.29, 1.82) is 0 Å². The van der Waals surface area contributed by atoms with Crippen molar-refractivity contribution in [3.63, 3.8) is 0 Å². The van der Waals surface area contributed by atoms with Crippen molar-refractivity contribution in [1.82, 2.24) is 9.78 Å². The molecule has 0 amide bonds. The first kappa shape index (κ1) is 10.2. The van der Waals surface area contributed by atoms with Crippen LogP contribution in [0.3, 0.4) is 0 Å². The summed E-state index contributed by atoms with van der Waals surface area (Å²) in [6, 6.07) is 4.21. The first-order valence-electron chi connectivity index (χ1n) is 5.08. The van der Waals surface area contributed by atoms with Crippen molar-refractivity contribution < 1.29 is 0 Å². The van der Waals surface area contributed by atoms with Crippen molar-refractivity contribution >= 4 is 17.0 Å². The lowest BCUT2D eigenvalue weighted by Gasteiger charge is -2.02. The van der Waals surface area contributed by atoms with Crippen molar-refractivity contribution in [2.24, 2.45) is 7.05 Å². The lowest BCUT2D eigenvalue weighted by Crippen LogP contribution is -1.98. The number of aromatic nitrogens is 2. The van der Waals surface area contributed by atoms with Crippen LogP contribution in [0.5, 0.6) is 0 Å². The summed E-state index contributed by atoms with van der Waals surface area (Å²) in [6.45, 7) is 3.01. The topological polar surface area (TPSA) is 29.9 Å². The monoisotopic (exact) mass is 221 g/mol. The third-order valence-corrected chi connectivity index (χ3v) is 3.15. The number of nitrogens with zero attached hydrogens (tertiary/aromatic N) is 2. The lowest BCUT2D eigenvalue weighted by molar-refractivity contribution is 0.746. The molecule has 80 valence electrons. The fraction of sp³-hybridized carbons (Fsp3) is 0.364. The van der Waals surface area contributed by atoms with Gasteiger partial charge in [-0.25, -0.2) is 0 Å². The van der Waals surface area contributed by atoms with E-state index in [0.29, 0.717) is 0 Å². The van der Waals surface area contributed by atoms with E-state index < -0.39 is 0 Å². The Labute approximate surface area is 93.7 Å². The molecule has 15 heavy (non-hydrogen) atoms. The summed E-state index contributed by atoms with van der Waals surface area (Å²) in [5.41, 5.74) is 2.28. The largest absolute Gasteiger partial charge is 0.377 e. The third-order valence-electron chi connectivity index (χ3n) is 2.27. The van der Waals surface area contributed by atoms with Crippen LogP contribution in [0.2, 0.25) is 0 Å². The predicted octanol–water partition coefficient (Wildman–Crippen LogP) is 2.66. The van der Waals surface area contributed by atoms with E-state index in [4.69, 9.17) is 0 Å². The Balaban J connectivity index is 2.04. The summed E-state index contributed by atoms with van der Waals surface area (Å²) < 4.78 is 1.86. The molecule has 0 unspecified atom stereocenters. The van der Waals surface area contributed by atoms with Gasteiger partial charge in [-0.1, -0.05) is 13.0 Å². The Bertz CT molecular complexity index is 417. The normalized spacial score (nSPS) is 10.5. The smallest absolute Gasteiger partial charge is 0.0853 e. The van der Waals surface area contributed by atoms with Crippen LogP contribution in [0.25, 0.3) is 0 Å². The molecule has 0 aliphatic carbocycles. The van der Waals surface area contributed by atoms with Gasteiger partial charge in [0.05, 0.1) is 11.4 Å². The van der Waals surface area contributed by atoms with Gasteiger partial charge in [-0.3, -0.25) is 4.68 Å². The number of hydrogen-bond acceptors (Lipinski definition) is 3. The summed E-state index contributed by atoms with van der Waals surface area (Å²) in [4.78, 5) is 1.35. The molecule has 0 atom stereocenters. The van der Waals surface area contributed by atoms with E-state index in [-0.39, 0.29) is 0 Å². The van der Waals surface area contributed by atoms with Gasteiger partial charge in [0, 0.05) is 24.7 Å². The minimum atomic E-state index is 0.885. The molecule has 4 heteroatoms. The third kappa shape index (κ3) is 2.39. The molecule has 2 heterocycles. The molecule has 2 aromatic heterocycles. The maximum Gasteiger partial charge on any atom is 0.0853 e. The number of anilines is 1. The highest BCUT2D eigenvalue weighted by Crippen LogP contribution is 2.16. The van der Waals surface area contributed by atoms with Crippen molar-refractivity contribution in [3.05, 3.63) is 34.3 Å². The Morgan fingerprint density at radius 3 is 3.07 bits per heavy atom. The zero-order valence-electron chi connectivity index (χ0n) is 9.03. The average molecular weight is 221 g/mol. The van der Waals surface area contributed by atoms with Gasteiger partial charge in [0.1, 0.15) is 0 Å². The zero-order valence-corrected chi connectivity index (χ0v) is 9.84. The van der Waals surface area contributed by atoms with E-state index in [1.54, 1.807) is 11.3 Å². The molecule has 0 aromatic carbocycles. The second kappa shape index (κ2) is 4.49. The van der Waals surface area contributed by atoms with E-state index in [2.05, 4.69) is 34.9 Å². The average Bonchev–Trinajstić information content (AvgIpc) is 2.83. The summed E-state index contributed by atoms with van der Waals surface area (Å²) in [5.74, 6) is 0. The van der Waals surface area contributed by atoms with Crippen LogP contribution in [0.1, 0.15) is 17.5 Å². The second-order valence-electron chi connectivity index (χ2n) is 3.45. The van der Waals surface area contributed by atoms with Crippen LogP contribution in [0, 0.1) is 0 Å². The van der Waals surface area contributed by atoms with Gasteiger partial charge < -0.3 is 5.32 Å². The fourth-order valence-electron chi connectivity index (χ4n) is 1.54. The molecule has 2 aromatic rings. The van der Waals surface area contributed by atoms with E-state index >= 15 is 0 Å². The molecule has 0 radical (unpaired) electrons. The Morgan fingerprint density at radius 1 is 1.53 bits per heavy atom. The van der Waals surface area contributed by atoms with Crippen LogP contribution in [0.15, 0.2) is 23.7 Å². The van der Waals surface area contributed by atoms with E-state index in [1.807, 2.05) is 17.9 Å². The van der Waals surface area contributed by atoms with Crippen LogP contribution < -0.4 is 5.32 Å². The Morgan fingerprint density at radius 2 is 2.40 bits per heavy atom. The molecule has 0 saturated carbocycles. The second-order valence-corrected chi connectivity index (χ2v) is 4.48. The minimum absolute atomic E-state index is 0.885. The molecule has 0 fully saturated rings. The van der Waals surface area contributed by atoms with Gasteiger partial charge in [0.25, 0.3) is 0 Å². The van der Waals surface area contributed by atoms with Gasteiger partial charge in [-0.15, -0.1) is 11.3 Å². The molecule has 1 N–H and O–H groups in total. The number of rotatable bonds is 4. The van der Waals surface area contributed by atoms with Crippen LogP contribution in [-0.4, -0.2) is 9.78 Å². The van der Waals surface area contributed by atoms with Gasteiger partial charge in [-0.05, 0) is 17.9 Å². The maximum absolute atomic E-state index is 4.39. The molecular weight excluding hydrogens is 206 g/mol.